The SMILES string of the molecule is Cc1ccc(CNC(=O)c2ccc(N3CCCC3)c(NC(=O)Nc3ccccc3C)c2)cc1. The Kier molecular flexibility index (Phi) is 6.93. The van der Waals surface area contributed by atoms with E-state index in [0.29, 0.717) is 17.8 Å². The summed E-state index contributed by atoms with van der Waals surface area (Å²) in [6.45, 7) is 6.31. The molecule has 33 heavy (non-hydrogen) atoms. The van der Waals surface area contributed by atoms with Crippen LogP contribution >= 0.6 is 0 Å². The van der Waals surface area contributed by atoms with Crippen molar-refractivity contribution in [3.05, 3.63) is 89.0 Å². The minimum absolute atomic E-state index is 0.175. The summed E-state index contributed by atoms with van der Waals surface area (Å²) in [5.74, 6) is -0.175. The van der Waals surface area contributed by atoms with Crippen LogP contribution in [-0.2, 0) is 6.54 Å². The molecule has 3 aromatic carbocycles. The van der Waals surface area contributed by atoms with E-state index in [-0.39, 0.29) is 11.9 Å². The van der Waals surface area contributed by atoms with Crippen LogP contribution < -0.4 is 20.9 Å². The van der Waals surface area contributed by atoms with Crippen molar-refractivity contribution in [1.29, 1.82) is 0 Å². The van der Waals surface area contributed by atoms with Crippen LogP contribution in [-0.4, -0.2) is 25.0 Å². The van der Waals surface area contributed by atoms with Crippen molar-refractivity contribution >= 4 is 29.0 Å². The fourth-order valence-electron chi connectivity index (χ4n) is 3.99. The molecular weight excluding hydrogens is 412 g/mol. The molecule has 170 valence electrons. The fraction of sp³-hybridized carbons (Fsp3) is 0.259. The number of carbonyl (C=O) groups excluding carboxylic acids is 2. The Bertz CT molecular complexity index is 1140. The van der Waals surface area contributed by atoms with Gasteiger partial charge in [-0.2, -0.15) is 0 Å². The molecule has 1 heterocycles. The first kappa shape index (κ1) is 22.4. The molecule has 3 amide bonds. The number of rotatable bonds is 6. The molecule has 6 nitrogen and oxygen atoms in total. The third-order valence-electron chi connectivity index (χ3n) is 5.92. The maximum absolute atomic E-state index is 12.8. The molecule has 0 unspecified atom stereocenters. The van der Waals surface area contributed by atoms with Crippen molar-refractivity contribution in [3.63, 3.8) is 0 Å². The highest BCUT2D eigenvalue weighted by Crippen LogP contribution is 2.30. The summed E-state index contributed by atoms with van der Waals surface area (Å²) >= 11 is 0. The van der Waals surface area contributed by atoms with Crippen LogP contribution in [0.15, 0.2) is 66.7 Å². The third-order valence-corrected chi connectivity index (χ3v) is 5.92. The molecule has 1 aliphatic heterocycles. The number of hydrogen-bond acceptors (Lipinski definition) is 3. The van der Waals surface area contributed by atoms with Crippen LogP contribution in [0.3, 0.4) is 0 Å². The maximum atomic E-state index is 12.8. The van der Waals surface area contributed by atoms with E-state index in [1.807, 2.05) is 74.5 Å². The average molecular weight is 443 g/mol. The molecular formula is C27H30N4O2. The number of benzene rings is 3. The van der Waals surface area contributed by atoms with Gasteiger partial charge in [0.1, 0.15) is 0 Å². The molecule has 0 bridgehead atoms. The predicted molar refractivity (Wildman–Crippen MR) is 134 cm³/mol. The smallest absolute Gasteiger partial charge is 0.323 e. The fourth-order valence-corrected chi connectivity index (χ4v) is 3.99. The number of carbonyl (C=O) groups is 2. The molecule has 3 aromatic rings. The topological polar surface area (TPSA) is 73.5 Å². The summed E-state index contributed by atoms with van der Waals surface area (Å²) in [7, 11) is 0. The van der Waals surface area contributed by atoms with E-state index < -0.39 is 0 Å². The Morgan fingerprint density at radius 3 is 2.27 bits per heavy atom. The Labute approximate surface area is 195 Å². The minimum atomic E-state index is -0.332. The van der Waals surface area contributed by atoms with Gasteiger partial charge in [0.05, 0.1) is 11.4 Å². The highest BCUT2D eigenvalue weighted by atomic mass is 16.2. The largest absolute Gasteiger partial charge is 0.370 e. The lowest BCUT2D eigenvalue weighted by molar-refractivity contribution is 0.0951. The summed E-state index contributed by atoms with van der Waals surface area (Å²) in [5, 5.41) is 8.84. The Hall–Kier alpha value is -3.80. The van der Waals surface area contributed by atoms with E-state index in [1.54, 1.807) is 6.07 Å². The van der Waals surface area contributed by atoms with Gasteiger partial charge in [0.2, 0.25) is 0 Å². The number of urea groups is 1. The maximum Gasteiger partial charge on any atom is 0.323 e. The normalized spacial score (nSPS) is 13.0. The first-order valence-electron chi connectivity index (χ1n) is 11.4. The van der Waals surface area contributed by atoms with Gasteiger partial charge in [0.25, 0.3) is 5.91 Å². The van der Waals surface area contributed by atoms with Crippen molar-refractivity contribution in [2.24, 2.45) is 0 Å². The zero-order valence-electron chi connectivity index (χ0n) is 19.2. The summed E-state index contributed by atoms with van der Waals surface area (Å²) in [6, 6.07) is 20.9. The van der Waals surface area contributed by atoms with Gasteiger partial charge < -0.3 is 20.9 Å². The van der Waals surface area contributed by atoms with E-state index in [0.717, 1.165) is 48.4 Å². The van der Waals surface area contributed by atoms with Gasteiger partial charge >= 0.3 is 6.03 Å². The Balaban J connectivity index is 1.51. The van der Waals surface area contributed by atoms with E-state index in [9.17, 15) is 9.59 Å². The van der Waals surface area contributed by atoms with E-state index in [2.05, 4.69) is 20.9 Å². The highest BCUT2D eigenvalue weighted by Gasteiger charge is 2.19. The highest BCUT2D eigenvalue weighted by molar-refractivity contribution is 6.04. The molecule has 1 saturated heterocycles. The van der Waals surface area contributed by atoms with Crippen LogP contribution in [0.4, 0.5) is 21.9 Å². The number of amides is 3. The van der Waals surface area contributed by atoms with Crippen LogP contribution in [0.1, 0.15) is 39.9 Å². The summed E-state index contributed by atoms with van der Waals surface area (Å²) < 4.78 is 0. The monoisotopic (exact) mass is 442 g/mol. The van der Waals surface area contributed by atoms with Crippen LogP contribution in [0, 0.1) is 13.8 Å². The molecule has 0 aromatic heterocycles. The molecule has 4 rings (SSSR count). The molecule has 0 aliphatic carbocycles. The van der Waals surface area contributed by atoms with Crippen molar-refractivity contribution in [2.45, 2.75) is 33.2 Å². The zero-order chi connectivity index (χ0) is 23.2. The molecule has 1 fully saturated rings. The molecule has 1 aliphatic rings. The number of aryl methyl sites for hydroxylation is 2. The second kappa shape index (κ2) is 10.2. The predicted octanol–water partition coefficient (Wildman–Crippen LogP) is 5.48. The van der Waals surface area contributed by atoms with Crippen LogP contribution in [0.25, 0.3) is 0 Å². The lowest BCUT2D eigenvalue weighted by Crippen LogP contribution is -2.26. The van der Waals surface area contributed by atoms with Gasteiger partial charge in [-0.15, -0.1) is 0 Å². The van der Waals surface area contributed by atoms with Crippen LogP contribution in [0.5, 0.6) is 0 Å². The number of para-hydroxylation sites is 1. The lowest BCUT2D eigenvalue weighted by atomic mass is 10.1. The standard InChI is InChI=1S/C27H30N4O2/c1-19-9-11-21(12-10-19)18-28-26(32)22-13-14-25(31-15-5-6-16-31)24(17-22)30-27(33)29-23-8-4-3-7-20(23)2/h3-4,7-14,17H,5-6,15-16,18H2,1-2H3,(H,28,32)(H2,29,30,33). The number of nitrogens with zero attached hydrogens (tertiary/aromatic N) is 1. The second-order valence-electron chi connectivity index (χ2n) is 8.49. The number of anilines is 3. The van der Waals surface area contributed by atoms with Gasteiger partial charge in [-0.25, -0.2) is 4.79 Å². The van der Waals surface area contributed by atoms with E-state index in [1.165, 1.54) is 5.56 Å². The number of hydrogen-bond donors (Lipinski definition) is 3. The first-order valence-corrected chi connectivity index (χ1v) is 11.4. The van der Waals surface area contributed by atoms with Crippen molar-refractivity contribution in [1.82, 2.24) is 5.32 Å². The quantitative estimate of drug-likeness (QED) is 0.473. The van der Waals surface area contributed by atoms with Gasteiger partial charge in [-0.05, 0) is 62.1 Å². The van der Waals surface area contributed by atoms with Gasteiger partial charge in [-0.1, -0.05) is 48.0 Å². The summed E-state index contributed by atoms with van der Waals surface area (Å²) in [5.41, 5.74) is 6.03. The summed E-state index contributed by atoms with van der Waals surface area (Å²) in [4.78, 5) is 27.9. The number of nitrogens with one attached hydrogen (secondary N) is 3. The van der Waals surface area contributed by atoms with Gasteiger partial charge in [-0.3, -0.25) is 4.79 Å². The van der Waals surface area contributed by atoms with E-state index >= 15 is 0 Å². The minimum Gasteiger partial charge on any atom is -0.370 e. The zero-order valence-corrected chi connectivity index (χ0v) is 19.2. The van der Waals surface area contributed by atoms with Crippen LogP contribution in [0.2, 0.25) is 0 Å². The third kappa shape index (κ3) is 5.71. The van der Waals surface area contributed by atoms with Crippen molar-refractivity contribution < 1.29 is 9.59 Å². The van der Waals surface area contributed by atoms with Crippen molar-refractivity contribution in [2.75, 3.05) is 28.6 Å². The molecule has 3 N–H and O–H groups in total. The van der Waals surface area contributed by atoms with Gasteiger partial charge in [0.15, 0.2) is 0 Å². The summed E-state index contributed by atoms with van der Waals surface area (Å²) in [6.07, 6.45) is 2.24. The average Bonchev–Trinajstić information content (AvgIpc) is 3.35. The van der Waals surface area contributed by atoms with E-state index in [4.69, 9.17) is 0 Å². The second-order valence-corrected chi connectivity index (χ2v) is 8.49. The first-order chi connectivity index (χ1) is 16.0. The lowest BCUT2D eigenvalue weighted by Gasteiger charge is -2.22. The Morgan fingerprint density at radius 1 is 0.848 bits per heavy atom. The Morgan fingerprint density at radius 2 is 1.55 bits per heavy atom. The van der Waals surface area contributed by atoms with Gasteiger partial charge in [0, 0.05) is 30.9 Å². The molecule has 6 heteroatoms. The molecule has 0 atom stereocenters. The molecule has 0 spiro atoms. The molecule has 0 radical (unpaired) electrons. The van der Waals surface area contributed by atoms with Crippen molar-refractivity contribution in [3.8, 4) is 0 Å². The molecule has 0 saturated carbocycles.